The molecule has 0 saturated carbocycles. The molecule has 2 aromatic rings. The van der Waals surface area contributed by atoms with Crippen molar-refractivity contribution >= 4 is 11.9 Å². The molecule has 0 bridgehead atoms. The SMILES string of the molecule is O=C(O)c1ccc(-c2ccc(C(=O)O)cc2)cc1.O=[N+]([O-])O.O=[N+]([O-])O.[Zn]. The van der Waals surface area contributed by atoms with E-state index >= 15 is 0 Å². The molecule has 2 rings (SSSR count). The third-order valence-electron chi connectivity index (χ3n) is 2.60. The molecule has 2 aromatic carbocycles. The van der Waals surface area contributed by atoms with E-state index in [1.807, 2.05) is 0 Å². The quantitative estimate of drug-likeness (QED) is 0.315. The van der Waals surface area contributed by atoms with Crippen molar-refractivity contribution in [3.05, 3.63) is 79.9 Å². The molecule has 0 amide bonds. The molecule has 0 unspecified atom stereocenters. The largest absolute Gasteiger partial charge is 0.478 e. The fraction of sp³-hybridized carbons (Fsp3) is 0. The first-order valence-corrected chi connectivity index (χ1v) is 6.38. The first-order chi connectivity index (χ1) is 12.0. The van der Waals surface area contributed by atoms with E-state index in [9.17, 15) is 9.59 Å². The Morgan fingerprint density at radius 1 is 0.667 bits per heavy atom. The fourth-order valence-electron chi connectivity index (χ4n) is 1.61. The Morgan fingerprint density at radius 3 is 1.00 bits per heavy atom. The average Bonchev–Trinajstić information content (AvgIpc) is 2.54. The van der Waals surface area contributed by atoms with Gasteiger partial charge in [0.2, 0.25) is 0 Å². The molecule has 0 atom stereocenters. The predicted octanol–water partition coefficient (Wildman–Crippen LogP) is 2.05. The van der Waals surface area contributed by atoms with Crippen molar-refractivity contribution in [2.75, 3.05) is 0 Å². The summed E-state index contributed by atoms with van der Waals surface area (Å²) in [6, 6.07) is 12.8. The first-order valence-electron chi connectivity index (χ1n) is 6.38. The predicted molar refractivity (Wildman–Crippen MR) is 83.4 cm³/mol. The zero-order valence-corrected chi connectivity index (χ0v) is 16.4. The summed E-state index contributed by atoms with van der Waals surface area (Å²) in [7, 11) is 0. The van der Waals surface area contributed by atoms with Crippen LogP contribution in [-0.2, 0) is 19.5 Å². The zero-order chi connectivity index (χ0) is 20.3. The number of hydrogen-bond acceptors (Lipinski definition) is 6. The number of hydrogen-bond donors (Lipinski definition) is 4. The van der Waals surface area contributed by atoms with Crippen LogP contribution < -0.4 is 0 Å². The van der Waals surface area contributed by atoms with Crippen LogP contribution in [0.4, 0.5) is 0 Å². The van der Waals surface area contributed by atoms with Gasteiger partial charge in [-0.05, 0) is 35.4 Å². The molecule has 0 heterocycles. The molecule has 140 valence electrons. The molecule has 0 saturated heterocycles. The van der Waals surface area contributed by atoms with Crippen molar-refractivity contribution < 1.29 is 59.9 Å². The number of carbonyl (C=O) groups is 2. The summed E-state index contributed by atoms with van der Waals surface area (Å²) in [4.78, 5) is 38.1. The van der Waals surface area contributed by atoms with Gasteiger partial charge in [0, 0.05) is 19.5 Å². The maximum absolute atomic E-state index is 10.7. The minimum Gasteiger partial charge on any atom is -0.478 e. The molecule has 0 spiro atoms. The summed E-state index contributed by atoms with van der Waals surface area (Å²) < 4.78 is 0. The molecule has 0 aromatic heterocycles. The Morgan fingerprint density at radius 2 is 0.852 bits per heavy atom. The minimum absolute atomic E-state index is 0. The van der Waals surface area contributed by atoms with Gasteiger partial charge in [-0.1, -0.05) is 24.3 Å². The van der Waals surface area contributed by atoms with Gasteiger partial charge in [-0.3, -0.25) is 0 Å². The number of aromatic carboxylic acids is 2. The Bertz CT molecular complexity index is 702. The summed E-state index contributed by atoms with van der Waals surface area (Å²) in [6.45, 7) is 0. The fourth-order valence-corrected chi connectivity index (χ4v) is 1.61. The maximum Gasteiger partial charge on any atom is 0.335 e. The van der Waals surface area contributed by atoms with Crippen molar-refractivity contribution in [3.8, 4) is 11.1 Å². The second-order valence-electron chi connectivity index (χ2n) is 4.24. The number of rotatable bonds is 3. The van der Waals surface area contributed by atoms with Gasteiger partial charge in [-0.25, -0.2) is 9.59 Å². The summed E-state index contributed by atoms with van der Waals surface area (Å²) >= 11 is 0. The third kappa shape index (κ3) is 11.6. The summed E-state index contributed by atoms with van der Waals surface area (Å²) in [5.74, 6) is -1.94. The number of carboxylic acids is 2. The standard InChI is InChI=1S/C14H10O4.2HNO3.Zn/c15-13(16)11-5-1-9(2-6-11)10-3-7-12(8-4-10)14(17)18;2*2-1(3)4;/h1-8H,(H,15,16)(H,17,18);2*(H,2,3,4);. The van der Waals surface area contributed by atoms with E-state index in [2.05, 4.69) is 0 Å². The van der Waals surface area contributed by atoms with Gasteiger partial charge >= 0.3 is 11.9 Å². The Hall–Kier alpha value is -3.60. The smallest absolute Gasteiger partial charge is 0.335 e. The topological polar surface area (TPSA) is 201 Å². The maximum atomic E-state index is 10.7. The van der Waals surface area contributed by atoms with Crippen molar-refractivity contribution in [1.82, 2.24) is 0 Å². The number of nitrogens with zero attached hydrogens (tertiary/aromatic N) is 2. The first kappa shape index (κ1) is 25.6. The molecule has 12 nitrogen and oxygen atoms in total. The Kier molecular flexibility index (Phi) is 12.1. The van der Waals surface area contributed by atoms with E-state index in [0.29, 0.717) is 0 Å². The van der Waals surface area contributed by atoms with Crippen molar-refractivity contribution in [3.63, 3.8) is 0 Å². The molecule has 0 aliphatic rings. The van der Waals surface area contributed by atoms with Gasteiger partial charge in [-0.2, -0.15) is 0 Å². The van der Waals surface area contributed by atoms with Crippen molar-refractivity contribution in [2.45, 2.75) is 0 Å². The van der Waals surface area contributed by atoms with E-state index in [1.54, 1.807) is 24.3 Å². The third-order valence-corrected chi connectivity index (χ3v) is 2.60. The summed E-state index contributed by atoms with van der Waals surface area (Å²) in [5, 5.41) is 44.8. The Balaban J connectivity index is 0. The van der Waals surface area contributed by atoms with Gasteiger partial charge < -0.3 is 20.6 Å². The van der Waals surface area contributed by atoms with Crippen LogP contribution in [0, 0.1) is 20.2 Å². The van der Waals surface area contributed by atoms with Crippen molar-refractivity contribution in [2.24, 2.45) is 0 Å². The second-order valence-corrected chi connectivity index (χ2v) is 4.24. The van der Waals surface area contributed by atoms with E-state index in [1.165, 1.54) is 24.3 Å². The van der Waals surface area contributed by atoms with Gasteiger partial charge in [0.05, 0.1) is 11.1 Å². The molecule has 4 N–H and O–H groups in total. The molecule has 27 heavy (non-hydrogen) atoms. The van der Waals surface area contributed by atoms with E-state index in [0.717, 1.165) is 11.1 Å². The van der Waals surface area contributed by atoms with Gasteiger partial charge in [0.25, 0.3) is 10.2 Å². The molecule has 0 fully saturated rings. The van der Waals surface area contributed by atoms with Crippen LogP contribution in [0.3, 0.4) is 0 Å². The molecule has 0 aliphatic carbocycles. The molecule has 13 heteroatoms. The van der Waals surface area contributed by atoms with E-state index < -0.39 is 22.1 Å². The van der Waals surface area contributed by atoms with Crippen LogP contribution in [0.2, 0.25) is 0 Å². The van der Waals surface area contributed by atoms with Gasteiger partial charge in [-0.15, -0.1) is 20.2 Å². The normalized spacial score (nSPS) is 8.44. The minimum atomic E-state index is -1.50. The average molecular weight is 434 g/mol. The summed E-state index contributed by atoms with van der Waals surface area (Å²) in [6.07, 6.45) is 0. The number of benzene rings is 2. The molecule has 0 aliphatic heterocycles. The van der Waals surface area contributed by atoms with Crippen LogP contribution >= 0.6 is 0 Å². The van der Waals surface area contributed by atoms with E-state index in [4.69, 9.17) is 40.9 Å². The van der Waals surface area contributed by atoms with Crippen LogP contribution in [-0.4, -0.2) is 42.7 Å². The van der Waals surface area contributed by atoms with E-state index in [-0.39, 0.29) is 30.6 Å². The number of carboxylic acid groups (broad SMARTS) is 2. The molecular weight excluding hydrogens is 422 g/mol. The zero-order valence-electron chi connectivity index (χ0n) is 13.5. The van der Waals surface area contributed by atoms with Crippen LogP contribution in [0.25, 0.3) is 11.1 Å². The van der Waals surface area contributed by atoms with Crippen molar-refractivity contribution in [1.29, 1.82) is 0 Å². The Labute approximate surface area is 163 Å². The van der Waals surface area contributed by atoms with Gasteiger partial charge in [0.15, 0.2) is 0 Å². The van der Waals surface area contributed by atoms with Gasteiger partial charge in [0.1, 0.15) is 0 Å². The summed E-state index contributed by atoms with van der Waals surface area (Å²) in [5.41, 5.74) is 2.13. The molecular formula is C14H12N2O10Zn. The van der Waals surface area contributed by atoms with Crippen LogP contribution in [0.5, 0.6) is 0 Å². The monoisotopic (exact) mass is 432 g/mol. The van der Waals surface area contributed by atoms with Crippen LogP contribution in [0.1, 0.15) is 20.7 Å². The second kappa shape index (κ2) is 12.7. The van der Waals surface area contributed by atoms with Crippen LogP contribution in [0.15, 0.2) is 48.5 Å². The molecule has 0 radical (unpaired) electrons.